The number of hydrogen-bond acceptors (Lipinski definition) is 3. The van der Waals surface area contributed by atoms with Gasteiger partial charge in [0.2, 0.25) is 0 Å². The van der Waals surface area contributed by atoms with Gasteiger partial charge in [0.25, 0.3) is 0 Å². The second-order valence-electron chi connectivity index (χ2n) is 6.59. The van der Waals surface area contributed by atoms with Gasteiger partial charge in [-0.2, -0.15) is 0 Å². The van der Waals surface area contributed by atoms with E-state index in [1.165, 1.54) is 71.1 Å². The van der Waals surface area contributed by atoms with Crippen LogP contribution in [-0.2, 0) is 4.74 Å². The molecule has 1 spiro atoms. The van der Waals surface area contributed by atoms with Crippen LogP contribution in [0.2, 0.25) is 0 Å². The molecule has 0 aromatic rings. The van der Waals surface area contributed by atoms with Crippen LogP contribution in [0, 0.1) is 5.92 Å². The summed E-state index contributed by atoms with van der Waals surface area (Å²) in [5.41, 5.74) is 0.453. The van der Waals surface area contributed by atoms with Crippen LogP contribution in [0.25, 0.3) is 0 Å². The largest absolute Gasteiger partial charge is 0.381 e. The molecule has 1 unspecified atom stereocenters. The Hall–Kier alpha value is -0.120. The zero-order chi connectivity index (χ0) is 12.3. The lowest BCUT2D eigenvalue weighted by Gasteiger charge is -2.40. The molecule has 0 aromatic heterocycles. The fourth-order valence-corrected chi connectivity index (χ4v) is 4.03. The van der Waals surface area contributed by atoms with Gasteiger partial charge in [0.05, 0.1) is 6.61 Å². The fourth-order valence-electron chi connectivity index (χ4n) is 4.03. The minimum atomic E-state index is 0.453. The number of ether oxygens (including phenoxy) is 1. The average molecular weight is 252 g/mol. The van der Waals surface area contributed by atoms with E-state index in [9.17, 15) is 0 Å². The summed E-state index contributed by atoms with van der Waals surface area (Å²) in [6, 6.07) is 0. The summed E-state index contributed by atoms with van der Waals surface area (Å²) in [5.74, 6) is 0.795. The highest BCUT2D eigenvalue weighted by atomic mass is 16.5. The molecule has 2 heterocycles. The van der Waals surface area contributed by atoms with E-state index in [4.69, 9.17) is 4.74 Å². The van der Waals surface area contributed by atoms with E-state index in [-0.39, 0.29) is 0 Å². The van der Waals surface area contributed by atoms with Gasteiger partial charge >= 0.3 is 0 Å². The summed E-state index contributed by atoms with van der Waals surface area (Å²) in [5, 5.41) is 3.88. The van der Waals surface area contributed by atoms with Gasteiger partial charge in [-0.3, -0.25) is 0 Å². The van der Waals surface area contributed by atoms with Gasteiger partial charge in [0, 0.05) is 25.2 Å². The molecular formula is C15H28N2O. The van der Waals surface area contributed by atoms with E-state index < -0.39 is 0 Å². The summed E-state index contributed by atoms with van der Waals surface area (Å²) in [4.78, 5) is 2.73. The lowest BCUT2D eigenvalue weighted by molar-refractivity contribution is 0.136. The molecule has 18 heavy (non-hydrogen) atoms. The molecule has 0 amide bonds. The normalized spacial score (nSPS) is 33.7. The lowest BCUT2D eigenvalue weighted by Crippen LogP contribution is -2.53. The summed E-state index contributed by atoms with van der Waals surface area (Å²) < 4.78 is 5.52. The van der Waals surface area contributed by atoms with Gasteiger partial charge in [-0.25, -0.2) is 0 Å². The number of nitrogens with one attached hydrogen (secondary N) is 1. The highest BCUT2D eigenvalue weighted by molar-refractivity contribution is 4.95. The lowest BCUT2D eigenvalue weighted by atomic mass is 9.81. The third-order valence-corrected chi connectivity index (χ3v) is 5.03. The molecule has 3 heteroatoms. The molecule has 3 fully saturated rings. The Balaban J connectivity index is 1.59. The van der Waals surface area contributed by atoms with Crippen LogP contribution in [0.5, 0.6) is 0 Å². The molecule has 2 saturated heterocycles. The average Bonchev–Trinajstić information content (AvgIpc) is 2.81. The highest BCUT2D eigenvalue weighted by Crippen LogP contribution is 2.30. The Bertz CT molecular complexity index is 257. The molecule has 3 nitrogen and oxygen atoms in total. The number of nitrogens with zero attached hydrogens (tertiary/aromatic N) is 1. The molecule has 1 atom stereocenters. The Kier molecular flexibility index (Phi) is 4.22. The molecule has 1 aliphatic carbocycles. The van der Waals surface area contributed by atoms with Crippen molar-refractivity contribution in [3.8, 4) is 0 Å². The first kappa shape index (κ1) is 12.9. The smallest absolute Gasteiger partial charge is 0.0507 e. The molecule has 3 rings (SSSR count). The summed E-state index contributed by atoms with van der Waals surface area (Å²) >= 11 is 0. The standard InChI is InChI=1S/C15H28N2O/c1-2-6-15(7-3-1)13-17(9-4-8-16-15)11-14-5-10-18-12-14/h14,16H,1-13H2. The zero-order valence-electron chi connectivity index (χ0n) is 11.6. The number of rotatable bonds is 2. The van der Waals surface area contributed by atoms with Crippen LogP contribution in [0.1, 0.15) is 44.9 Å². The van der Waals surface area contributed by atoms with Crippen molar-refractivity contribution in [1.82, 2.24) is 10.2 Å². The minimum Gasteiger partial charge on any atom is -0.381 e. The van der Waals surface area contributed by atoms with E-state index >= 15 is 0 Å². The first-order valence-corrected chi connectivity index (χ1v) is 7.91. The van der Waals surface area contributed by atoms with Crippen LogP contribution >= 0.6 is 0 Å². The molecule has 1 N–H and O–H groups in total. The van der Waals surface area contributed by atoms with Crippen molar-refractivity contribution in [3.63, 3.8) is 0 Å². The fraction of sp³-hybridized carbons (Fsp3) is 1.00. The van der Waals surface area contributed by atoms with E-state index in [0.29, 0.717) is 5.54 Å². The van der Waals surface area contributed by atoms with Crippen molar-refractivity contribution < 1.29 is 4.74 Å². The minimum absolute atomic E-state index is 0.453. The van der Waals surface area contributed by atoms with E-state index in [2.05, 4.69) is 10.2 Å². The van der Waals surface area contributed by atoms with Gasteiger partial charge in [0.15, 0.2) is 0 Å². The van der Waals surface area contributed by atoms with Crippen molar-refractivity contribution in [2.45, 2.75) is 50.5 Å². The predicted octanol–water partition coefficient (Wildman–Crippen LogP) is 2.02. The van der Waals surface area contributed by atoms with E-state index in [0.717, 1.165) is 19.1 Å². The molecule has 0 aromatic carbocycles. The van der Waals surface area contributed by atoms with Crippen molar-refractivity contribution in [3.05, 3.63) is 0 Å². The summed E-state index contributed by atoms with van der Waals surface area (Å²) in [7, 11) is 0. The first-order chi connectivity index (χ1) is 8.86. The second-order valence-corrected chi connectivity index (χ2v) is 6.59. The SMILES string of the molecule is C1CCC2(CC1)CN(CC1CCOC1)CCCN2. The van der Waals surface area contributed by atoms with E-state index in [1.54, 1.807) is 0 Å². The van der Waals surface area contributed by atoms with Gasteiger partial charge in [0.1, 0.15) is 0 Å². The van der Waals surface area contributed by atoms with Crippen molar-refractivity contribution in [1.29, 1.82) is 0 Å². The predicted molar refractivity (Wildman–Crippen MR) is 73.8 cm³/mol. The molecule has 2 aliphatic heterocycles. The Labute approximate surface area is 111 Å². The van der Waals surface area contributed by atoms with Crippen LogP contribution in [0.15, 0.2) is 0 Å². The summed E-state index contributed by atoms with van der Waals surface area (Å²) in [6.07, 6.45) is 9.67. The van der Waals surface area contributed by atoms with Crippen molar-refractivity contribution >= 4 is 0 Å². The van der Waals surface area contributed by atoms with Gasteiger partial charge in [-0.05, 0) is 44.7 Å². The molecule has 3 aliphatic rings. The quantitative estimate of drug-likeness (QED) is 0.814. The Morgan fingerprint density at radius 2 is 2.06 bits per heavy atom. The molecule has 104 valence electrons. The monoisotopic (exact) mass is 252 g/mol. The van der Waals surface area contributed by atoms with Crippen LogP contribution in [0.3, 0.4) is 0 Å². The highest BCUT2D eigenvalue weighted by Gasteiger charge is 2.35. The molecular weight excluding hydrogens is 224 g/mol. The van der Waals surface area contributed by atoms with E-state index in [1.807, 2.05) is 0 Å². The van der Waals surface area contributed by atoms with Crippen molar-refractivity contribution in [2.24, 2.45) is 5.92 Å². The van der Waals surface area contributed by atoms with Gasteiger partial charge < -0.3 is 15.0 Å². The van der Waals surface area contributed by atoms with Gasteiger partial charge in [-0.1, -0.05) is 19.3 Å². The second kappa shape index (κ2) is 5.89. The maximum atomic E-state index is 5.52. The van der Waals surface area contributed by atoms with Gasteiger partial charge in [-0.15, -0.1) is 0 Å². The zero-order valence-corrected chi connectivity index (χ0v) is 11.6. The van der Waals surface area contributed by atoms with Crippen molar-refractivity contribution in [2.75, 3.05) is 39.4 Å². The van der Waals surface area contributed by atoms with Crippen LogP contribution < -0.4 is 5.32 Å². The Morgan fingerprint density at radius 1 is 1.17 bits per heavy atom. The third kappa shape index (κ3) is 3.06. The third-order valence-electron chi connectivity index (χ3n) is 5.03. The molecule has 0 bridgehead atoms. The first-order valence-electron chi connectivity index (χ1n) is 7.91. The maximum Gasteiger partial charge on any atom is 0.0507 e. The van der Waals surface area contributed by atoms with Crippen LogP contribution in [0.4, 0.5) is 0 Å². The molecule has 1 saturated carbocycles. The maximum absolute atomic E-state index is 5.52. The van der Waals surface area contributed by atoms with Crippen LogP contribution in [-0.4, -0.2) is 49.8 Å². The topological polar surface area (TPSA) is 24.5 Å². The molecule has 0 radical (unpaired) electrons. The summed E-state index contributed by atoms with van der Waals surface area (Å²) in [6.45, 7) is 7.04. The number of hydrogen-bond donors (Lipinski definition) is 1. The Morgan fingerprint density at radius 3 is 2.83 bits per heavy atom.